The summed E-state index contributed by atoms with van der Waals surface area (Å²) in [4.78, 5) is 0.144. The Morgan fingerprint density at radius 3 is 2.50 bits per heavy atom. The maximum absolute atomic E-state index is 12.2. The van der Waals surface area contributed by atoms with Crippen LogP contribution in [0.25, 0.3) is 0 Å². The highest BCUT2D eigenvalue weighted by Gasteiger charge is 2.27. The van der Waals surface area contributed by atoms with E-state index in [1.807, 2.05) is 0 Å². The van der Waals surface area contributed by atoms with E-state index in [-0.39, 0.29) is 17.5 Å². The Labute approximate surface area is 108 Å². The van der Waals surface area contributed by atoms with E-state index in [1.54, 1.807) is 20.8 Å². The van der Waals surface area contributed by atoms with Crippen molar-refractivity contribution in [2.24, 2.45) is 5.73 Å². The number of furan rings is 1. The predicted octanol–water partition coefficient (Wildman–Crippen LogP) is 0.668. The van der Waals surface area contributed by atoms with Gasteiger partial charge in [0.15, 0.2) is 0 Å². The summed E-state index contributed by atoms with van der Waals surface area (Å²) in [5.41, 5.74) is 6.09. The van der Waals surface area contributed by atoms with Gasteiger partial charge in [0.1, 0.15) is 16.4 Å². The molecule has 0 fully saturated rings. The third kappa shape index (κ3) is 3.11. The standard InChI is InChI=1S/C11H20N2O4S/c1-7(6-16-4)13-18(14,15)11-9(3)17-8(2)10(11)5-12/h7,13H,5-6,12H2,1-4H3. The van der Waals surface area contributed by atoms with Crippen molar-refractivity contribution >= 4 is 10.0 Å². The molecular weight excluding hydrogens is 256 g/mol. The first-order chi connectivity index (χ1) is 8.33. The van der Waals surface area contributed by atoms with Crippen molar-refractivity contribution in [3.8, 4) is 0 Å². The summed E-state index contributed by atoms with van der Waals surface area (Å²) in [5, 5.41) is 0. The third-order valence-electron chi connectivity index (χ3n) is 2.57. The van der Waals surface area contributed by atoms with E-state index in [0.29, 0.717) is 23.7 Å². The molecule has 0 spiro atoms. The molecule has 0 aromatic carbocycles. The molecule has 104 valence electrons. The maximum Gasteiger partial charge on any atom is 0.244 e. The Kier molecular flexibility index (Phi) is 4.92. The summed E-state index contributed by atoms with van der Waals surface area (Å²) in [6, 6.07) is -0.319. The Morgan fingerprint density at radius 1 is 1.39 bits per heavy atom. The van der Waals surface area contributed by atoms with Crippen molar-refractivity contribution in [3.63, 3.8) is 0 Å². The Morgan fingerprint density at radius 2 is 2.00 bits per heavy atom. The third-order valence-corrected chi connectivity index (χ3v) is 4.35. The summed E-state index contributed by atoms with van der Waals surface area (Å²) in [6.07, 6.45) is 0. The van der Waals surface area contributed by atoms with Gasteiger partial charge in [-0.1, -0.05) is 0 Å². The molecule has 6 nitrogen and oxygen atoms in total. The molecule has 0 radical (unpaired) electrons. The number of hydrogen-bond acceptors (Lipinski definition) is 5. The summed E-state index contributed by atoms with van der Waals surface area (Å²) >= 11 is 0. The van der Waals surface area contributed by atoms with Crippen LogP contribution in [0.5, 0.6) is 0 Å². The van der Waals surface area contributed by atoms with Gasteiger partial charge in [0.25, 0.3) is 0 Å². The number of aryl methyl sites for hydroxylation is 2. The van der Waals surface area contributed by atoms with Gasteiger partial charge in [-0.05, 0) is 20.8 Å². The van der Waals surface area contributed by atoms with Crippen molar-refractivity contribution in [2.75, 3.05) is 13.7 Å². The van der Waals surface area contributed by atoms with E-state index in [2.05, 4.69) is 4.72 Å². The van der Waals surface area contributed by atoms with E-state index in [0.717, 1.165) is 0 Å². The topological polar surface area (TPSA) is 94.6 Å². The minimum Gasteiger partial charge on any atom is -0.465 e. The fourth-order valence-corrected chi connectivity index (χ4v) is 3.59. The highest BCUT2D eigenvalue weighted by atomic mass is 32.2. The predicted molar refractivity (Wildman–Crippen MR) is 67.7 cm³/mol. The van der Waals surface area contributed by atoms with Crippen molar-refractivity contribution in [1.29, 1.82) is 0 Å². The Bertz CT molecular complexity index is 507. The molecule has 1 atom stereocenters. The van der Waals surface area contributed by atoms with Crippen LogP contribution in [-0.2, 0) is 21.3 Å². The minimum atomic E-state index is -3.64. The van der Waals surface area contributed by atoms with Gasteiger partial charge < -0.3 is 14.9 Å². The zero-order valence-electron chi connectivity index (χ0n) is 11.1. The van der Waals surface area contributed by atoms with E-state index in [4.69, 9.17) is 14.9 Å². The molecule has 0 aliphatic heterocycles. The van der Waals surface area contributed by atoms with E-state index < -0.39 is 10.0 Å². The molecule has 0 aliphatic rings. The van der Waals surface area contributed by atoms with Crippen LogP contribution in [0.3, 0.4) is 0 Å². The molecule has 1 unspecified atom stereocenters. The Balaban J connectivity index is 3.12. The molecule has 1 heterocycles. The lowest BCUT2D eigenvalue weighted by Gasteiger charge is -2.13. The summed E-state index contributed by atoms with van der Waals surface area (Å²) in [7, 11) is -2.12. The molecule has 1 aromatic heterocycles. The molecule has 3 N–H and O–H groups in total. The number of nitrogens with two attached hydrogens (primary N) is 1. The van der Waals surface area contributed by atoms with Gasteiger partial charge in [0.2, 0.25) is 10.0 Å². The van der Waals surface area contributed by atoms with Gasteiger partial charge >= 0.3 is 0 Å². The van der Waals surface area contributed by atoms with E-state index in [9.17, 15) is 8.42 Å². The number of rotatable bonds is 6. The lowest BCUT2D eigenvalue weighted by Crippen LogP contribution is -2.36. The summed E-state index contributed by atoms with van der Waals surface area (Å²) < 4.78 is 37.3. The molecule has 0 aliphatic carbocycles. The first kappa shape index (κ1) is 15.2. The quantitative estimate of drug-likeness (QED) is 0.796. The number of sulfonamides is 1. The molecule has 0 bridgehead atoms. The average molecular weight is 276 g/mol. The largest absolute Gasteiger partial charge is 0.465 e. The maximum atomic E-state index is 12.2. The van der Waals surface area contributed by atoms with Gasteiger partial charge in [-0.2, -0.15) is 0 Å². The number of ether oxygens (including phenoxy) is 1. The zero-order valence-corrected chi connectivity index (χ0v) is 11.9. The lowest BCUT2D eigenvalue weighted by molar-refractivity contribution is 0.180. The van der Waals surface area contributed by atoms with Gasteiger partial charge in [-0.25, -0.2) is 13.1 Å². The first-order valence-corrected chi connectivity index (χ1v) is 7.12. The summed E-state index contributed by atoms with van der Waals surface area (Å²) in [6.45, 7) is 5.46. The fourth-order valence-electron chi connectivity index (χ4n) is 1.91. The number of methoxy groups -OCH3 is 1. The van der Waals surface area contributed by atoms with Crippen LogP contribution in [0.2, 0.25) is 0 Å². The van der Waals surface area contributed by atoms with Crippen molar-refractivity contribution in [3.05, 3.63) is 17.1 Å². The van der Waals surface area contributed by atoms with Crippen molar-refractivity contribution in [2.45, 2.75) is 38.3 Å². The van der Waals surface area contributed by atoms with Gasteiger partial charge in [0.05, 0.1) is 6.61 Å². The molecule has 18 heavy (non-hydrogen) atoms. The SMILES string of the molecule is COCC(C)NS(=O)(=O)c1c(C)oc(C)c1CN. The Hall–Kier alpha value is -0.890. The molecule has 0 saturated heterocycles. The van der Waals surface area contributed by atoms with Crippen molar-refractivity contribution in [1.82, 2.24) is 4.72 Å². The second-order valence-corrected chi connectivity index (χ2v) is 5.85. The molecular formula is C11H20N2O4S. The second-order valence-electron chi connectivity index (χ2n) is 4.20. The fraction of sp³-hybridized carbons (Fsp3) is 0.636. The lowest BCUT2D eigenvalue weighted by atomic mass is 10.2. The average Bonchev–Trinajstić information content (AvgIpc) is 2.52. The van der Waals surface area contributed by atoms with Gasteiger partial charge in [0, 0.05) is 25.3 Å². The normalized spacial score (nSPS) is 13.8. The molecule has 1 aromatic rings. The second kappa shape index (κ2) is 5.83. The van der Waals surface area contributed by atoms with E-state index >= 15 is 0 Å². The molecule has 0 amide bonds. The van der Waals surface area contributed by atoms with Crippen LogP contribution >= 0.6 is 0 Å². The van der Waals surface area contributed by atoms with Crippen LogP contribution in [0.1, 0.15) is 24.0 Å². The monoisotopic (exact) mass is 276 g/mol. The summed E-state index contributed by atoms with van der Waals surface area (Å²) in [5.74, 6) is 0.889. The highest BCUT2D eigenvalue weighted by molar-refractivity contribution is 7.89. The first-order valence-electron chi connectivity index (χ1n) is 5.63. The molecule has 1 rings (SSSR count). The van der Waals surface area contributed by atoms with Gasteiger partial charge in [-0.3, -0.25) is 0 Å². The van der Waals surface area contributed by atoms with Crippen molar-refractivity contribution < 1.29 is 17.6 Å². The number of nitrogens with one attached hydrogen (secondary N) is 1. The highest BCUT2D eigenvalue weighted by Crippen LogP contribution is 2.26. The van der Waals surface area contributed by atoms with E-state index in [1.165, 1.54) is 7.11 Å². The zero-order chi connectivity index (χ0) is 13.9. The minimum absolute atomic E-state index is 0.123. The van der Waals surface area contributed by atoms with Crippen LogP contribution in [0.15, 0.2) is 9.31 Å². The van der Waals surface area contributed by atoms with Crippen LogP contribution in [-0.4, -0.2) is 28.2 Å². The van der Waals surface area contributed by atoms with Crippen LogP contribution in [0, 0.1) is 13.8 Å². The van der Waals surface area contributed by atoms with Crippen LogP contribution < -0.4 is 10.5 Å². The number of hydrogen-bond donors (Lipinski definition) is 2. The van der Waals surface area contributed by atoms with Gasteiger partial charge in [-0.15, -0.1) is 0 Å². The molecule has 0 saturated carbocycles. The smallest absolute Gasteiger partial charge is 0.244 e. The van der Waals surface area contributed by atoms with Crippen LogP contribution in [0.4, 0.5) is 0 Å². The molecule has 7 heteroatoms.